The Morgan fingerprint density at radius 2 is 1.38 bits per heavy atom. The molecular weight excluding hydrogens is 404 g/mol. The van der Waals surface area contributed by atoms with E-state index in [1.54, 1.807) is 23.5 Å². The molecule has 1 fully saturated rings. The lowest BCUT2D eigenvalue weighted by molar-refractivity contribution is -0.141. The van der Waals surface area contributed by atoms with Crippen molar-refractivity contribution in [1.82, 2.24) is 0 Å². The van der Waals surface area contributed by atoms with E-state index in [0.717, 1.165) is 12.2 Å². The van der Waals surface area contributed by atoms with Gasteiger partial charge in [0.2, 0.25) is 0 Å². The van der Waals surface area contributed by atoms with E-state index in [4.69, 9.17) is 9.47 Å². The second kappa shape index (κ2) is 7.76. The van der Waals surface area contributed by atoms with Crippen molar-refractivity contribution in [2.45, 2.75) is 8.83 Å². The van der Waals surface area contributed by atoms with E-state index in [-0.39, 0.29) is 17.3 Å². The van der Waals surface area contributed by atoms with Gasteiger partial charge in [0.1, 0.15) is 17.3 Å². The lowest BCUT2D eigenvalue weighted by atomic mass is 10.1. The Bertz CT molecular complexity index is 928. The normalized spacial score (nSPS) is 17.2. The summed E-state index contributed by atoms with van der Waals surface area (Å²) in [6, 6.07) is 16.8. The van der Waals surface area contributed by atoms with Crippen LogP contribution < -0.4 is 0 Å². The smallest absolute Gasteiger partial charge is 0.330 e. The van der Waals surface area contributed by atoms with Gasteiger partial charge in [-0.2, -0.15) is 0 Å². The Labute approximate surface area is 178 Å². The maximum absolute atomic E-state index is 11.7. The van der Waals surface area contributed by atoms with Crippen LogP contribution in [0.15, 0.2) is 73.8 Å². The molecule has 6 heteroatoms. The highest BCUT2D eigenvalue weighted by Gasteiger charge is 2.56. The van der Waals surface area contributed by atoms with Crippen molar-refractivity contribution in [3.05, 3.63) is 85.0 Å². The van der Waals surface area contributed by atoms with Gasteiger partial charge in [-0.1, -0.05) is 61.7 Å². The van der Waals surface area contributed by atoms with Crippen LogP contribution in [0.25, 0.3) is 11.1 Å². The van der Waals surface area contributed by atoms with Gasteiger partial charge in [-0.15, -0.1) is 23.5 Å². The molecule has 2 aliphatic rings. The number of esters is 2. The maximum atomic E-state index is 11.7. The van der Waals surface area contributed by atoms with Crippen LogP contribution in [0.3, 0.4) is 0 Å². The van der Waals surface area contributed by atoms with E-state index in [0.29, 0.717) is 5.75 Å². The third-order valence-electron chi connectivity index (χ3n) is 5.04. The Morgan fingerprint density at radius 3 is 1.86 bits per heavy atom. The van der Waals surface area contributed by atoms with E-state index < -0.39 is 16.7 Å². The van der Waals surface area contributed by atoms with Gasteiger partial charge in [-0.3, -0.25) is 0 Å². The average molecular weight is 425 g/mol. The van der Waals surface area contributed by atoms with Crippen molar-refractivity contribution in [2.24, 2.45) is 0 Å². The zero-order chi connectivity index (χ0) is 20.5. The van der Waals surface area contributed by atoms with Gasteiger partial charge in [0.25, 0.3) is 0 Å². The SMILES string of the molecule is C=CC(=O)OCC1(COC(=O)C=C)CSC2(S1)c1ccccc1-c1ccccc12. The molecule has 1 spiro atoms. The molecule has 0 N–H and O–H groups in total. The number of rotatable bonds is 6. The summed E-state index contributed by atoms with van der Waals surface area (Å²) in [5.41, 5.74) is 4.88. The van der Waals surface area contributed by atoms with Crippen LogP contribution in [0.1, 0.15) is 11.1 Å². The second-order valence-electron chi connectivity index (χ2n) is 6.91. The van der Waals surface area contributed by atoms with Crippen LogP contribution in [0.5, 0.6) is 0 Å². The first-order chi connectivity index (χ1) is 14.0. The molecule has 0 radical (unpaired) electrons. The first-order valence-electron chi connectivity index (χ1n) is 9.15. The molecule has 0 unspecified atom stereocenters. The van der Waals surface area contributed by atoms with E-state index in [1.807, 2.05) is 24.3 Å². The molecule has 1 aliphatic carbocycles. The monoisotopic (exact) mass is 424 g/mol. The molecule has 29 heavy (non-hydrogen) atoms. The van der Waals surface area contributed by atoms with E-state index >= 15 is 0 Å². The van der Waals surface area contributed by atoms with Crippen molar-refractivity contribution in [3.63, 3.8) is 0 Å². The quantitative estimate of drug-likeness (QED) is 0.501. The first kappa shape index (κ1) is 19.9. The van der Waals surface area contributed by atoms with Gasteiger partial charge in [0, 0.05) is 17.9 Å². The zero-order valence-corrected chi connectivity index (χ0v) is 17.4. The molecule has 0 amide bonds. The topological polar surface area (TPSA) is 52.6 Å². The Morgan fingerprint density at radius 1 is 0.897 bits per heavy atom. The molecule has 4 nitrogen and oxygen atoms in total. The summed E-state index contributed by atoms with van der Waals surface area (Å²) < 4.78 is 9.91. The number of hydrogen-bond donors (Lipinski definition) is 0. The van der Waals surface area contributed by atoms with Gasteiger partial charge in [-0.05, 0) is 22.3 Å². The average Bonchev–Trinajstić information content (AvgIpc) is 3.29. The minimum absolute atomic E-state index is 0.131. The summed E-state index contributed by atoms with van der Waals surface area (Å²) in [5.74, 6) is -0.314. The number of fused-ring (bicyclic) bond motifs is 5. The molecule has 0 atom stereocenters. The van der Waals surface area contributed by atoms with Crippen molar-refractivity contribution in [2.75, 3.05) is 19.0 Å². The highest BCUT2D eigenvalue weighted by molar-refractivity contribution is 8.21. The van der Waals surface area contributed by atoms with Crippen LogP contribution in [0.2, 0.25) is 0 Å². The third-order valence-corrected chi connectivity index (χ3v) is 8.91. The highest BCUT2D eigenvalue weighted by Crippen LogP contribution is 2.68. The molecule has 4 rings (SSSR count). The van der Waals surface area contributed by atoms with Crippen molar-refractivity contribution in [3.8, 4) is 11.1 Å². The van der Waals surface area contributed by atoms with Gasteiger partial charge in [-0.25, -0.2) is 9.59 Å². The fraction of sp³-hybridized carbons (Fsp3) is 0.217. The first-order valence-corrected chi connectivity index (χ1v) is 11.0. The zero-order valence-electron chi connectivity index (χ0n) is 15.8. The molecule has 0 aromatic heterocycles. The molecule has 2 aromatic carbocycles. The lowest BCUT2D eigenvalue weighted by Gasteiger charge is -2.31. The lowest BCUT2D eigenvalue weighted by Crippen LogP contribution is -2.39. The van der Waals surface area contributed by atoms with Gasteiger partial charge in [0.05, 0.1) is 4.75 Å². The Kier molecular flexibility index (Phi) is 5.32. The standard InChI is InChI=1S/C23H20O4S2/c1-3-20(24)26-13-22(14-27-21(25)4-2)15-28-23(29-22)18-11-7-5-9-16(18)17-10-6-8-12-19(17)23/h3-12H,1-2,13-15H2. The summed E-state index contributed by atoms with van der Waals surface area (Å²) in [4.78, 5) is 23.5. The minimum atomic E-state index is -0.577. The van der Waals surface area contributed by atoms with Crippen LogP contribution in [0, 0.1) is 0 Å². The molecule has 148 valence electrons. The molecule has 1 saturated heterocycles. The van der Waals surface area contributed by atoms with Crippen LogP contribution in [-0.4, -0.2) is 35.7 Å². The fourth-order valence-corrected chi connectivity index (χ4v) is 7.80. The van der Waals surface area contributed by atoms with Crippen molar-refractivity contribution < 1.29 is 19.1 Å². The predicted octanol–water partition coefficient (Wildman–Crippen LogP) is 4.55. The summed E-state index contributed by atoms with van der Waals surface area (Å²) in [6.07, 6.45) is 2.29. The van der Waals surface area contributed by atoms with E-state index in [9.17, 15) is 9.59 Å². The molecular formula is C23H20O4S2. The molecule has 2 aromatic rings. The predicted molar refractivity (Wildman–Crippen MR) is 118 cm³/mol. The third kappa shape index (κ3) is 3.40. The second-order valence-corrected chi connectivity index (χ2v) is 10.0. The molecule has 1 heterocycles. The maximum Gasteiger partial charge on any atom is 0.330 e. The van der Waals surface area contributed by atoms with E-state index in [2.05, 4.69) is 37.4 Å². The van der Waals surface area contributed by atoms with Crippen LogP contribution in [0.4, 0.5) is 0 Å². The van der Waals surface area contributed by atoms with Crippen molar-refractivity contribution >= 4 is 35.5 Å². The summed E-state index contributed by atoms with van der Waals surface area (Å²) in [7, 11) is 0. The molecule has 0 bridgehead atoms. The number of benzene rings is 2. The number of thioether (sulfide) groups is 2. The summed E-state index contributed by atoms with van der Waals surface area (Å²) >= 11 is 3.49. The number of carbonyl (C=O) groups is 2. The summed E-state index contributed by atoms with van der Waals surface area (Å²) in [5, 5.41) is 0. The van der Waals surface area contributed by atoms with Crippen molar-refractivity contribution in [1.29, 1.82) is 0 Å². The number of carbonyl (C=O) groups excluding carboxylic acids is 2. The number of ether oxygens (including phenoxy) is 2. The van der Waals surface area contributed by atoms with Gasteiger partial charge < -0.3 is 9.47 Å². The largest absolute Gasteiger partial charge is 0.461 e. The number of hydrogen-bond acceptors (Lipinski definition) is 6. The fourth-order valence-electron chi connectivity index (χ4n) is 3.72. The minimum Gasteiger partial charge on any atom is -0.461 e. The molecule has 0 saturated carbocycles. The van der Waals surface area contributed by atoms with E-state index in [1.165, 1.54) is 22.3 Å². The van der Waals surface area contributed by atoms with Gasteiger partial charge in [0.15, 0.2) is 0 Å². The molecule has 1 aliphatic heterocycles. The highest BCUT2D eigenvalue weighted by atomic mass is 32.2. The Hall–Kier alpha value is -2.44. The summed E-state index contributed by atoms with van der Waals surface area (Å²) in [6.45, 7) is 7.18. The van der Waals surface area contributed by atoms with Gasteiger partial charge >= 0.3 is 11.9 Å². The van der Waals surface area contributed by atoms with Crippen LogP contribution >= 0.6 is 23.5 Å². The van der Waals surface area contributed by atoms with Crippen LogP contribution in [-0.2, 0) is 23.1 Å². The Balaban J connectivity index is 1.73.